The van der Waals surface area contributed by atoms with E-state index >= 15 is 0 Å². The molecule has 0 saturated heterocycles. The Balaban J connectivity index is 1.10. The average Bonchev–Trinajstić information content (AvgIpc) is 3.62. The smallest absolute Gasteiger partial charge is 0.160 e. The van der Waals surface area contributed by atoms with Crippen molar-refractivity contribution in [3.05, 3.63) is 246 Å². The second-order valence-electron chi connectivity index (χ2n) is 15.6. The first-order valence-electron chi connectivity index (χ1n) is 20.5. The number of benzene rings is 8. The molecule has 0 spiro atoms. The van der Waals surface area contributed by atoms with E-state index in [0.29, 0.717) is 5.82 Å². The van der Waals surface area contributed by atoms with Gasteiger partial charge >= 0.3 is 0 Å². The van der Waals surface area contributed by atoms with Crippen LogP contribution < -0.4 is 0 Å². The fraction of sp³-hybridized carbons (Fsp3) is 0.0351. The summed E-state index contributed by atoms with van der Waals surface area (Å²) in [4.78, 5) is 15.0. The van der Waals surface area contributed by atoms with Gasteiger partial charge in [-0.15, -0.1) is 0 Å². The SMILES string of the molecule is Cc1cc(-c2ccccc2-c2ccc3c(c2)C(c2ccccc2)(c2ccc(-c4nc(-c5ccccc5)cc(-c5cccc6ccccc56)n4)cc2)c2ccccc2-3)ccn1. The van der Waals surface area contributed by atoms with Gasteiger partial charge in [0.25, 0.3) is 0 Å². The summed E-state index contributed by atoms with van der Waals surface area (Å²) in [6.07, 6.45) is 1.90. The Morgan fingerprint density at radius 1 is 0.367 bits per heavy atom. The Kier molecular flexibility index (Phi) is 8.60. The highest BCUT2D eigenvalue weighted by Crippen LogP contribution is 2.57. The van der Waals surface area contributed by atoms with Crippen LogP contribution in [0.4, 0.5) is 0 Å². The zero-order valence-electron chi connectivity index (χ0n) is 33.1. The van der Waals surface area contributed by atoms with E-state index in [1.165, 1.54) is 60.8 Å². The topological polar surface area (TPSA) is 38.7 Å². The molecule has 3 nitrogen and oxygen atoms in total. The molecule has 1 atom stereocenters. The molecule has 60 heavy (non-hydrogen) atoms. The highest BCUT2D eigenvalue weighted by Gasteiger charge is 2.46. The third-order valence-electron chi connectivity index (χ3n) is 12.1. The minimum atomic E-state index is -0.579. The summed E-state index contributed by atoms with van der Waals surface area (Å²) in [5, 5.41) is 2.35. The lowest BCUT2D eigenvalue weighted by Gasteiger charge is -2.34. The minimum absolute atomic E-state index is 0.579. The van der Waals surface area contributed by atoms with Crippen LogP contribution in [-0.2, 0) is 5.41 Å². The number of fused-ring (bicyclic) bond motifs is 4. The second kappa shape index (κ2) is 14.6. The van der Waals surface area contributed by atoms with Crippen molar-refractivity contribution >= 4 is 10.8 Å². The molecule has 1 aliphatic carbocycles. The third kappa shape index (κ3) is 5.86. The molecular formula is C57H39N3. The number of hydrogen-bond acceptors (Lipinski definition) is 3. The van der Waals surface area contributed by atoms with Gasteiger partial charge in [-0.2, -0.15) is 0 Å². The van der Waals surface area contributed by atoms with Gasteiger partial charge in [-0.05, 0) is 97.6 Å². The van der Waals surface area contributed by atoms with E-state index in [9.17, 15) is 0 Å². The zero-order valence-corrected chi connectivity index (χ0v) is 33.1. The number of pyridine rings is 1. The standard InChI is InChI=1S/C57H39N3/c1-38-35-43(33-34-58-38)48-23-11-10-22-47(48)42-29-32-50-49-24-12-13-26-52(49)57(53(50)36-42,44-19-6-3-7-20-44)45-30-27-41(28-31-45)56-59-54(40-16-4-2-5-17-40)37-55(60-56)51-25-14-18-39-15-8-9-21-46(39)51/h2-37H,1H3. The highest BCUT2D eigenvalue weighted by molar-refractivity contribution is 5.97. The molecule has 0 fully saturated rings. The number of nitrogens with zero attached hydrogens (tertiary/aromatic N) is 3. The first-order valence-corrected chi connectivity index (χ1v) is 20.5. The Labute approximate surface area is 350 Å². The molecule has 282 valence electrons. The van der Waals surface area contributed by atoms with Crippen molar-refractivity contribution in [1.82, 2.24) is 15.0 Å². The van der Waals surface area contributed by atoms with Crippen LogP contribution in [-0.4, -0.2) is 15.0 Å². The molecule has 2 heterocycles. The predicted octanol–water partition coefficient (Wildman–Crippen LogP) is 14.0. The lowest BCUT2D eigenvalue weighted by Crippen LogP contribution is -2.28. The molecule has 0 aliphatic heterocycles. The van der Waals surface area contributed by atoms with Gasteiger partial charge in [0.15, 0.2) is 5.82 Å². The monoisotopic (exact) mass is 765 g/mol. The quantitative estimate of drug-likeness (QED) is 0.162. The van der Waals surface area contributed by atoms with Crippen LogP contribution in [0, 0.1) is 6.92 Å². The van der Waals surface area contributed by atoms with Crippen LogP contribution in [0.15, 0.2) is 219 Å². The summed E-state index contributed by atoms with van der Waals surface area (Å²) >= 11 is 0. The molecule has 0 N–H and O–H groups in total. The number of aryl methyl sites for hydroxylation is 1. The zero-order chi connectivity index (χ0) is 40.0. The summed E-state index contributed by atoms with van der Waals surface area (Å²) < 4.78 is 0. The van der Waals surface area contributed by atoms with E-state index in [2.05, 4.69) is 211 Å². The maximum atomic E-state index is 5.29. The molecule has 1 unspecified atom stereocenters. The molecule has 0 radical (unpaired) electrons. The first kappa shape index (κ1) is 35.4. The van der Waals surface area contributed by atoms with E-state index < -0.39 is 5.41 Å². The van der Waals surface area contributed by atoms with Gasteiger partial charge in [0, 0.05) is 28.6 Å². The van der Waals surface area contributed by atoms with Crippen molar-refractivity contribution in [1.29, 1.82) is 0 Å². The highest BCUT2D eigenvalue weighted by atomic mass is 14.9. The summed E-state index contributed by atoms with van der Waals surface area (Å²) in [7, 11) is 0. The molecule has 1 aliphatic rings. The van der Waals surface area contributed by atoms with Gasteiger partial charge < -0.3 is 0 Å². The predicted molar refractivity (Wildman–Crippen MR) is 247 cm³/mol. The van der Waals surface area contributed by atoms with Gasteiger partial charge in [-0.3, -0.25) is 4.98 Å². The van der Waals surface area contributed by atoms with Crippen LogP contribution in [0.2, 0.25) is 0 Å². The summed E-state index contributed by atoms with van der Waals surface area (Å²) in [6.45, 7) is 2.05. The molecule has 0 saturated carbocycles. The van der Waals surface area contributed by atoms with Gasteiger partial charge in [0.1, 0.15) is 0 Å². The molecule has 0 bridgehead atoms. The Hall–Kier alpha value is -7.75. The molecular weight excluding hydrogens is 727 g/mol. The molecule has 11 rings (SSSR count). The van der Waals surface area contributed by atoms with Crippen molar-refractivity contribution in [2.24, 2.45) is 0 Å². The summed E-state index contributed by atoms with van der Waals surface area (Å²) in [5.41, 5.74) is 17.5. The van der Waals surface area contributed by atoms with E-state index in [-0.39, 0.29) is 0 Å². The number of rotatable bonds is 7. The van der Waals surface area contributed by atoms with Gasteiger partial charge in [-0.25, -0.2) is 9.97 Å². The summed E-state index contributed by atoms with van der Waals surface area (Å²) in [6, 6.07) is 76.4. The number of hydrogen-bond donors (Lipinski definition) is 0. The van der Waals surface area contributed by atoms with E-state index in [0.717, 1.165) is 39.3 Å². The maximum Gasteiger partial charge on any atom is 0.160 e. The van der Waals surface area contributed by atoms with E-state index in [1.807, 2.05) is 19.2 Å². The number of aromatic nitrogens is 3. The third-order valence-corrected chi connectivity index (χ3v) is 12.1. The van der Waals surface area contributed by atoms with Crippen molar-refractivity contribution in [2.75, 3.05) is 0 Å². The largest absolute Gasteiger partial charge is 0.262 e. The molecule has 8 aromatic carbocycles. The first-order chi connectivity index (χ1) is 29.6. The fourth-order valence-electron chi connectivity index (χ4n) is 9.41. The molecule has 2 aromatic heterocycles. The molecule has 3 heteroatoms. The molecule has 10 aromatic rings. The van der Waals surface area contributed by atoms with Crippen molar-refractivity contribution in [3.63, 3.8) is 0 Å². The lowest BCUT2D eigenvalue weighted by atomic mass is 9.67. The average molecular weight is 766 g/mol. The van der Waals surface area contributed by atoms with E-state index in [1.54, 1.807) is 0 Å². The van der Waals surface area contributed by atoms with Crippen molar-refractivity contribution < 1.29 is 0 Å². The second-order valence-corrected chi connectivity index (χ2v) is 15.6. The van der Waals surface area contributed by atoms with Crippen molar-refractivity contribution in [2.45, 2.75) is 12.3 Å². The van der Waals surface area contributed by atoms with Crippen LogP contribution in [0.1, 0.15) is 27.9 Å². The Morgan fingerprint density at radius 2 is 0.950 bits per heavy atom. The van der Waals surface area contributed by atoms with Crippen LogP contribution in [0.25, 0.3) is 78.1 Å². The van der Waals surface area contributed by atoms with Crippen LogP contribution in [0.5, 0.6) is 0 Å². The summed E-state index contributed by atoms with van der Waals surface area (Å²) in [5.74, 6) is 0.692. The van der Waals surface area contributed by atoms with Crippen LogP contribution >= 0.6 is 0 Å². The normalized spacial score (nSPS) is 14.2. The minimum Gasteiger partial charge on any atom is -0.262 e. The lowest BCUT2D eigenvalue weighted by molar-refractivity contribution is 0.769. The Bertz CT molecular complexity index is 3200. The fourth-order valence-corrected chi connectivity index (χ4v) is 9.41. The van der Waals surface area contributed by atoms with Gasteiger partial charge in [-0.1, -0.05) is 188 Å². The van der Waals surface area contributed by atoms with E-state index in [4.69, 9.17) is 9.97 Å². The van der Waals surface area contributed by atoms with Crippen LogP contribution in [0.3, 0.4) is 0 Å². The van der Waals surface area contributed by atoms with Gasteiger partial charge in [0.2, 0.25) is 0 Å². The Morgan fingerprint density at radius 3 is 1.73 bits per heavy atom. The molecule has 0 amide bonds. The van der Waals surface area contributed by atoms with Crippen molar-refractivity contribution in [3.8, 4) is 67.3 Å². The van der Waals surface area contributed by atoms with Gasteiger partial charge in [0.05, 0.1) is 16.8 Å². The maximum absolute atomic E-state index is 5.29.